The summed E-state index contributed by atoms with van der Waals surface area (Å²) in [6.07, 6.45) is 0. The van der Waals surface area contributed by atoms with Crippen LogP contribution < -0.4 is 10.1 Å². The highest BCUT2D eigenvalue weighted by molar-refractivity contribution is 7.07. The third-order valence-electron chi connectivity index (χ3n) is 2.43. The van der Waals surface area contributed by atoms with Gasteiger partial charge in [-0.1, -0.05) is 12.1 Å². The van der Waals surface area contributed by atoms with Crippen LogP contribution in [0.25, 0.3) is 0 Å². The van der Waals surface area contributed by atoms with Crippen LogP contribution in [0.15, 0.2) is 35.2 Å². The van der Waals surface area contributed by atoms with Gasteiger partial charge in [-0.25, -0.2) is 9.78 Å². The molecule has 0 saturated heterocycles. The molecule has 0 radical (unpaired) electrons. The van der Waals surface area contributed by atoms with Crippen molar-refractivity contribution in [2.45, 2.75) is 6.54 Å². The molecule has 19 heavy (non-hydrogen) atoms. The largest absolute Gasteiger partial charge is 0.497 e. The maximum absolute atomic E-state index is 11.5. The molecule has 0 atom stereocenters. The van der Waals surface area contributed by atoms with E-state index in [9.17, 15) is 4.79 Å². The van der Waals surface area contributed by atoms with Crippen molar-refractivity contribution in [3.8, 4) is 5.75 Å². The van der Waals surface area contributed by atoms with Crippen molar-refractivity contribution in [3.05, 3.63) is 46.4 Å². The van der Waals surface area contributed by atoms with Crippen molar-refractivity contribution in [1.29, 1.82) is 0 Å². The summed E-state index contributed by atoms with van der Waals surface area (Å²) >= 11 is 1.36. The Labute approximate surface area is 115 Å². The molecule has 0 bridgehead atoms. The number of hydrogen-bond acceptors (Lipinski definition) is 6. The van der Waals surface area contributed by atoms with Gasteiger partial charge in [-0.2, -0.15) is 0 Å². The molecule has 0 amide bonds. The minimum absolute atomic E-state index is 0.155. The van der Waals surface area contributed by atoms with Crippen LogP contribution in [-0.2, 0) is 11.3 Å². The number of thiazole rings is 1. The number of rotatable bonds is 6. The second-order valence-corrected chi connectivity index (χ2v) is 4.44. The summed E-state index contributed by atoms with van der Waals surface area (Å²) in [6, 6.07) is 7.68. The Bertz CT molecular complexity index is 511. The zero-order chi connectivity index (χ0) is 13.5. The van der Waals surface area contributed by atoms with Crippen molar-refractivity contribution in [3.63, 3.8) is 0 Å². The van der Waals surface area contributed by atoms with E-state index < -0.39 is 5.97 Å². The lowest BCUT2D eigenvalue weighted by Gasteiger charge is -2.06. The summed E-state index contributed by atoms with van der Waals surface area (Å²) in [4.78, 5) is 15.3. The number of hydrogen-bond donors (Lipinski definition) is 1. The monoisotopic (exact) mass is 278 g/mol. The smallest absolute Gasteiger partial charge is 0.359 e. The summed E-state index contributed by atoms with van der Waals surface area (Å²) in [7, 11) is 1.63. The van der Waals surface area contributed by atoms with E-state index >= 15 is 0 Å². The first kappa shape index (κ1) is 13.5. The molecule has 1 aromatic heterocycles. The highest BCUT2D eigenvalue weighted by Gasteiger charge is 2.07. The SMILES string of the molecule is COc1ccc(CNCOC(=O)c2cscn2)cc1. The summed E-state index contributed by atoms with van der Waals surface area (Å²) in [5, 5.41) is 4.68. The molecule has 2 rings (SSSR count). The number of nitrogens with zero attached hydrogens (tertiary/aromatic N) is 1. The molecule has 1 N–H and O–H groups in total. The quantitative estimate of drug-likeness (QED) is 0.498. The van der Waals surface area contributed by atoms with Crippen molar-refractivity contribution in [2.24, 2.45) is 0 Å². The van der Waals surface area contributed by atoms with E-state index in [1.165, 1.54) is 11.3 Å². The molecule has 0 aliphatic heterocycles. The van der Waals surface area contributed by atoms with Crippen molar-refractivity contribution in [1.82, 2.24) is 10.3 Å². The molecule has 5 nitrogen and oxygen atoms in total. The number of carbonyl (C=O) groups is 1. The minimum atomic E-state index is -0.413. The predicted octanol–water partition coefficient (Wildman–Crippen LogP) is 2.06. The van der Waals surface area contributed by atoms with Gasteiger partial charge >= 0.3 is 5.97 Å². The van der Waals surface area contributed by atoms with Gasteiger partial charge in [-0.15, -0.1) is 11.3 Å². The predicted molar refractivity (Wildman–Crippen MR) is 72.2 cm³/mol. The summed E-state index contributed by atoms with van der Waals surface area (Å²) in [5.74, 6) is 0.405. The van der Waals surface area contributed by atoms with Crippen LogP contribution in [0, 0.1) is 0 Å². The Morgan fingerprint density at radius 3 is 2.79 bits per heavy atom. The Morgan fingerprint density at radius 1 is 1.37 bits per heavy atom. The first-order valence-electron chi connectivity index (χ1n) is 5.68. The fourth-order valence-corrected chi connectivity index (χ4v) is 1.96. The second kappa shape index (κ2) is 6.86. The number of benzene rings is 1. The molecule has 0 saturated carbocycles. The Kier molecular flexibility index (Phi) is 4.88. The topological polar surface area (TPSA) is 60.5 Å². The molecule has 0 aliphatic rings. The van der Waals surface area contributed by atoms with Crippen LogP contribution in [0.3, 0.4) is 0 Å². The highest BCUT2D eigenvalue weighted by Crippen LogP contribution is 2.10. The Hall–Kier alpha value is -1.92. The lowest BCUT2D eigenvalue weighted by atomic mass is 10.2. The van der Waals surface area contributed by atoms with Gasteiger partial charge in [0, 0.05) is 11.9 Å². The average molecular weight is 278 g/mol. The normalized spacial score (nSPS) is 10.2. The van der Waals surface area contributed by atoms with Crippen molar-refractivity contribution >= 4 is 17.3 Å². The maximum Gasteiger partial charge on any atom is 0.359 e. The first-order valence-corrected chi connectivity index (χ1v) is 6.63. The summed E-state index contributed by atoms with van der Waals surface area (Å²) in [5.41, 5.74) is 3.03. The molecule has 1 heterocycles. The number of aromatic nitrogens is 1. The summed E-state index contributed by atoms with van der Waals surface area (Å²) in [6.45, 7) is 0.775. The van der Waals surface area contributed by atoms with Gasteiger partial charge < -0.3 is 9.47 Å². The van der Waals surface area contributed by atoms with Gasteiger partial charge in [0.15, 0.2) is 5.69 Å². The zero-order valence-corrected chi connectivity index (χ0v) is 11.3. The van der Waals surface area contributed by atoms with Gasteiger partial charge in [0.1, 0.15) is 12.5 Å². The molecular weight excluding hydrogens is 264 g/mol. The molecule has 1 aromatic carbocycles. The van der Waals surface area contributed by atoms with Gasteiger partial charge in [-0.3, -0.25) is 5.32 Å². The molecule has 0 unspecified atom stereocenters. The molecule has 0 spiro atoms. The molecular formula is C13H14N2O3S. The molecule has 0 fully saturated rings. The molecule has 100 valence electrons. The third kappa shape index (κ3) is 4.04. The van der Waals surface area contributed by atoms with E-state index in [1.807, 2.05) is 24.3 Å². The number of esters is 1. The molecule has 2 aromatic rings. The van der Waals surface area contributed by atoms with E-state index in [2.05, 4.69) is 10.3 Å². The number of ether oxygens (including phenoxy) is 2. The van der Waals surface area contributed by atoms with Crippen LogP contribution in [-0.4, -0.2) is 24.8 Å². The van der Waals surface area contributed by atoms with Crippen LogP contribution in [0.2, 0.25) is 0 Å². The van der Waals surface area contributed by atoms with E-state index in [4.69, 9.17) is 9.47 Å². The number of carbonyl (C=O) groups excluding carboxylic acids is 1. The van der Waals surface area contributed by atoms with E-state index in [0.717, 1.165) is 11.3 Å². The van der Waals surface area contributed by atoms with Gasteiger partial charge in [0.2, 0.25) is 0 Å². The fraction of sp³-hybridized carbons (Fsp3) is 0.231. The lowest BCUT2D eigenvalue weighted by molar-refractivity contribution is 0.0464. The van der Waals surface area contributed by atoms with Crippen LogP contribution in [0.4, 0.5) is 0 Å². The van der Waals surface area contributed by atoms with Crippen molar-refractivity contribution in [2.75, 3.05) is 13.8 Å². The fourth-order valence-electron chi connectivity index (χ4n) is 1.44. The number of methoxy groups -OCH3 is 1. The lowest BCUT2D eigenvalue weighted by Crippen LogP contribution is -2.20. The van der Waals surface area contributed by atoms with Gasteiger partial charge in [0.25, 0.3) is 0 Å². The van der Waals surface area contributed by atoms with E-state index in [1.54, 1.807) is 18.0 Å². The Balaban J connectivity index is 1.70. The second-order valence-electron chi connectivity index (χ2n) is 3.72. The third-order valence-corrected chi connectivity index (χ3v) is 3.02. The first-order chi connectivity index (χ1) is 9.29. The zero-order valence-electron chi connectivity index (χ0n) is 10.5. The van der Waals surface area contributed by atoms with Gasteiger partial charge in [0.05, 0.1) is 12.6 Å². The van der Waals surface area contributed by atoms with E-state index in [-0.39, 0.29) is 6.73 Å². The average Bonchev–Trinajstić information content (AvgIpc) is 2.98. The molecule has 6 heteroatoms. The highest BCUT2D eigenvalue weighted by atomic mass is 32.1. The maximum atomic E-state index is 11.5. The van der Waals surface area contributed by atoms with Crippen LogP contribution in [0.1, 0.15) is 16.1 Å². The molecule has 0 aliphatic carbocycles. The van der Waals surface area contributed by atoms with Gasteiger partial charge in [-0.05, 0) is 17.7 Å². The summed E-state index contributed by atoms with van der Waals surface area (Å²) < 4.78 is 10.1. The standard InChI is InChI=1S/C13H14N2O3S/c1-17-11-4-2-10(3-5-11)6-14-8-18-13(16)12-7-19-9-15-12/h2-5,7,9,14H,6,8H2,1H3. The minimum Gasteiger partial charge on any atom is -0.497 e. The van der Waals surface area contributed by atoms with Crippen LogP contribution in [0.5, 0.6) is 5.75 Å². The van der Waals surface area contributed by atoms with Crippen molar-refractivity contribution < 1.29 is 14.3 Å². The Morgan fingerprint density at radius 2 is 2.16 bits per heavy atom. The number of nitrogens with one attached hydrogen (secondary N) is 1. The van der Waals surface area contributed by atoms with E-state index in [0.29, 0.717) is 12.2 Å². The van der Waals surface area contributed by atoms with Crippen LogP contribution >= 0.6 is 11.3 Å².